The zero-order chi connectivity index (χ0) is 11.6. The summed E-state index contributed by atoms with van der Waals surface area (Å²) in [4.78, 5) is 4.01. The van der Waals surface area contributed by atoms with Crippen molar-refractivity contribution in [1.82, 2.24) is 10.3 Å². The molecule has 0 radical (unpaired) electrons. The van der Waals surface area contributed by atoms with E-state index in [9.17, 15) is 0 Å². The van der Waals surface area contributed by atoms with Gasteiger partial charge in [0, 0.05) is 30.7 Å². The molecule has 1 unspecified atom stereocenters. The highest BCUT2D eigenvalue weighted by atomic mass is 32.2. The summed E-state index contributed by atoms with van der Waals surface area (Å²) in [6, 6.07) is 4.62. The van der Waals surface area contributed by atoms with Gasteiger partial charge in [-0.05, 0) is 31.0 Å². The Morgan fingerprint density at radius 1 is 1.50 bits per heavy atom. The van der Waals surface area contributed by atoms with Crippen LogP contribution < -0.4 is 5.32 Å². The highest BCUT2D eigenvalue weighted by Gasteiger charge is 2.01. The lowest BCUT2D eigenvalue weighted by Crippen LogP contribution is -2.30. The zero-order valence-electron chi connectivity index (χ0n) is 9.65. The molecule has 2 nitrogen and oxygen atoms in total. The molecule has 16 heavy (non-hydrogen) atoms. The minimum absolute atomic E-state index is 0.494. The third-order valence-electron chi connectivity index (χ3n) is 2.22. The predicted molar refractivity (Wildman–Crippen MR) is 71.6 cm³/mol. The minimum Gasteiger partial charge on any atom is -0.313 e. The largest absolute Gasteiger partial charge is 0.313 e. The van der Waals surface area contributed by atoms with Gasteiger partial charge in [-0.1, -0.05) is 5.92 Å². The molecule has 0 aliphatic heterocycles. The molecule has 1 rings (SSSR count). The second-order valence-corrected chi connectivity index (χ2v) is 4.78. The smallest absolute Gasteiger partial charge is 0.0545 e. The van der Waals surface area contributed by atoms with Crippen LogP contribution in [0.3, 0.4) is 0 Å². The number of nitrogens with one attached hydrogen (secondary N) is 1. The third kappa shape index (κ3) is 5.79. The van der Waals surface area contributed by atoms with Gasteiger partial charge in [-0.2, -0.15) is 0 Å². The Morgan fingerprint density at radius 2 is 2.25 bits per heavy atom. The quantitative estimate of drug-likeness (QED) is 0.577. The van der Waals surface area contributed by atoms with Gasteiger partial charge in [-0.15, -0.1) is 18.2 Å². The first-order valence-electron chi connectivity index (χ1n) is 5.46. The number of nitrogens with zero attached hydrogens (tertiary/aromatic N) is 1. The number of rotatable bonds is 7. The third-order valence-corrected chi connectivity index (χ3v) is 3.08. The van der Waals surface area contributed by atoms with Crippen LogP contribution in [-0.2, 0) is 6.42 Å². The Hall–Kier alpha value is -0.980. The standard InChI is InChI=1S/C13H18N2S/c1-3-9-16-10-8-15-12(2)11-13-4-6-14-7-5-13/h1,4-7,12,15H,8-11H2,2H3. The number of hydrogen-bond donors (Lipinski definition) is 1. The van der Waals surface area contributed by atoms with Gasteiger partial charge >= 0.3 is 0 Å². The van der Waals surface area contributed by atoms with Gasteiger partial charge in [0.1, 0.15) is 0 Å². The van der Waals surface area contributed by atoms with Crippen LogP contribution in [0.4, 0.5) is 0 Å². The fourth-order valence-electron chi connectivity index (χ4n) is 1.45. The number of terminal acetylenes is 1. The van der Waals surface area contributed by atoms with Crippen LogP contribution in [0.2, 0.25) is 0 Å². The zero-order valence-corrected chi connectivity index (χ0v) is 10.5. The lowest BCUT2D eigenvalue weighted by molar-refractivity contribution is 0.567. The predicted octanol–water partition coefficient (Wildman–Crippen LogP) is 1.97. The van der Waals surface area contributed by atoms with Crippen LogP contribution in [0.1, 0.15) is 12.5 Å². The van der Waals surface area contributed by atoms with Crippen molar-refractivity contribution in [2.24, 2.45) is 0 Å². The molecule has 0 bridgehead atoms. The molecule has 1 heterocycles. The van der Waals surface area contributed by atoms with Crippen LogP contribution >= 0.6 is 11.8 Å². The number of thioether (sulfide) groups is 1. The van der Waals surface area contributed by atoms with E-state index in [1.807, 2.05) is 12.4 Å². The average Bonchev–Trinajstić information content (AvgIpc) is 2.30. The lowest BCUT2D eigenvalue weighted by atomic mass is 10.1. The monoisotopic (exact) mass is 234 g/mol. The molecule has 86 valence electrons. The first-order valence-corrected chi connectivity index (χ1v) is 6.62. The maximum Gasteiger partial charge on any atom is 0.0545 e. The van der Waals surface area contributed by atoms with E-state index in [-0.39, 0.29) is 0 Å². The summed E-state index contributed by atoms with van der Waals surface area (Å²) < 4.78 is 0. The van der Waals surface area contributed by atoms with Gasteiger partial charge in [0.15, 0.2) is 0 Å². The number of hydrogen-bond acceptors (Lipinski definition) is 3. The van der Waals surface area contributed by atoms with Crippen molar-refractivity contribution in [3.05, 3.63) is 30.1 Å². The Bertz CT molecular complexity index is 318. The van der Waals surface area contributed by atoms with Crippen LogP contribution in [0.15, 0.2) is 24.5 Å². The Balaban J connectivity index is 2.12. The molecule has 0 aromatic carbocycles. The molecule has 0 aliphatic rings. The Morgan fingerprint density at radius 3 is 2.94 bits per heavy atom. The van der Waals surface area contributed by atoms with E-state index in [2.05, 4.69) is 35.3 Å². The molecule has 1 aromatic heterocycles. The lowest BCUT2D eigenvalue weighted by Gasteiger charge is -2.13. The van der Waals surface area contributed by atoms with Crippen molar-refractivity contribution >= 4 is 11.8 Å². The second-order valence-electron chi connectivity index (χ2n) is 3.67. The van der Waals surface area contributed by atoms with Gasteiger partial charge in [-0.3, -0.25) is 4.98 Å². The van der Waals surface area contributed by atoms with Crippen molar-refractivity contribution in [1.29, 1.82) is 0 Å². The van der Waals surface area contributed by atoms with Crippen molar-refractivity contribution in [2.45, 2.75) is 19.4 Å². The highest BCUT2D eigenvalue weighted by Crippen LogP contribution is 2.02. The summed E-state index contributed by atoms with van der Waals surface area (Å²) in [5, 5.41) is 3.48. The molecule has 1 aromatic rings. The topological polar surface area (TPSA) is 24.9 Å². The Labute approximate surface area is 102 Å². The molecule has 0 fully saturated rings. The summed E-state index contributed by atoms with van der Waals surface area (Å²) in [6.07, 6.45) is 9.90. The first kappa shape index (κ1) is 13.1. The summed E-state index contributed by atoms with van der Waals surface area (Å²) in [5.41, 5.74) is 1.33. The first-order chi connectivity index (χ1) is 7.83. The second kappa shape index (κ2) is 8.20. The number of pyridine rings is 1. The minimum atomic E-state index is 0.494. The summed E-state index contributed by atoms with van der Waals surface area (Å²) in [7, 11) is 0. The summed E-state index contributed by atoms with van der Waals surface area (Å²) in [5.74, 6) is 4.50. The molecular formula is C13H18N2S. The van der Waals surface area contributed by atoms with Crippen LogP contribution in [-0.4, -0.2) is 29.1 Å². The summed E-state index contributed by atoms with van der Waals surface area (Å²) >= 11 is 1.79. The van der Waals surface area contributed by atoms with Gasteiger partial charge in [0.2, 0.25) is 0 Å². The maximum atomic E-state index is 5.18. The van der Waals surface area contributed by atoms with Gasteiger partial charge in [-0.25, -0.2) is 0 Å². The highest BCUT2D eigenvalue weighted by molar-refractivity contribution is 7.99. The fraction of sp³-hybridized carbons (Fsp3) is 0.462. The molecule has 0 amide bonds. The number of aromatic nitrogens is 1. The normalized spacial score (nSPS) is 12.0. The summed E-state index contributed by atoms with van der Waals surface area (Å²) in [6.45, 7) is 3.21. The average molecular weight is 234 g/mol. The molecule has 0 spiro atoms. The van der Waals surface area contributed by atoms with Crippen molar-refractivity contribution in [2.75, 3.05) is 18.1 Å². The SMILES string of the molecule is C#CCSCCNC(C)Cc1ccncc1. The van der Waals surface area contributed by atoms with E-state index in [4.69, 9.17) is 6.42 Å². The van der Waals surface area contributed by atoms with Gasteiger partial charge in [0.05, 0.1) is 5.75 Å². The van der Waals surface area contributed by atoms with E-state index < -0.39 is 0 Å². The van der Waals surface area contributed by atoms with E-state index in [1.165, 1.54) is 5.56 Å². The molecule has 1 N–H and O–H groups in total. The fourth-order valence-corrected chi connectivity index (χ4v) is 1.98. The van der Waals surface area contributed by atoms with Crippen molar-refractivity contribution in [3.8, 4) is 12.3 Å². The van der Waals surface area contributed by atoms with E-state index in [0.29, 0.717) is 6.04 Å². The van der Waals surface area contributed by atoms with E-state index in [0.717, 1.165) is 24.5 Å². The molecule has 0 saturated carbocycles. The molecular weight excluding hydrogens is 216 g/mol. The molecule has 3 heteroatoms. The van der Waals surface area contributed by atoms with E-state index in [1.54, 1.807) is 11.8 Å². The van der Waals surface area contributed by atoms with Crippen molar-refractivity contribution < 1.29 is 0 Å². The van der Waals surface area contributed by atoms with Crippen LogP contribution in [0, 0.1) is 12.3 Å². The van der Waals surface area contributed by atoms with Gasteiger partial charge < -0.3 is 5.32 Å². The maximum absolute atomic E-state index is 5.18. The molecule has 1 atom stereocenters. The Kier molecular flexibility index (Phi) is 6.71. The van der Waals surface area contributed by atoms with Gasteiger partial charge in [0.25, 0.3) is 0 Å². The molecule has 0 saturated heterocycles. The van der Waals surface area contributed by atoms with Crippen LogP contribution in [0.5, 0.6) is 0 Å². The van der Waals surface area contributed by atoms with E-state index >= 15 is 0 Å². The molecule has 0 aliphatic carbocycles. The van der Waals surface area contributed by atoms with Crippen LogP contribution in [0.25, 0.3) is 0 Å². The van der Waals surface area contributed by atoms with Crippen molar-refractivity contribution in [3.63, 3.8) is 0 Å².